The molecule has 0 aliphatic carbocycles. The fourth-order valence-electron chi connectivity index (χ4n) is 1.71. The monoisotopic (exact) mass is 270 g/mol. The van der Waals surface area contributed by atoms with Crippen molar-refractivity contribution in [2.24, 2.45) is 5.73 Å². The van der Waals surface area contributed by atoms with Crippen molar-refractivity contribution in [1.82, 2.24) is 15.2 Å². The highest BCUT2D eigenvalue weighted by Gasteiger charge is 2.12. The number of hydrogen-bond donors (Lipinski definition) is 3. The molecule has 0 fully saturated rings. The van der Waals surface area contributed by atoms with Gasteiger partial charge in [-0.25, -0.2) is 4.98 Å². The SMILES string of the molecule is NCCOCC(O)Cc1nc(Cl)cc2cn[nH]c12. The van der Waals surface area contributed by atoms with Gasteiger partial charge in [-0.05, 0) is 6.07 Å². The van der Waals surface area contributed by atoms with Gasteiger partial charge in [0.15, 0.2) is 0 Å². The van der Waals surface area contributed by atoms with Gasteiger partial charge in [-0.15, -0.1) is 0 Å². The molecule has 1 atom stereocenters. The highest BCUT2D eigenvalue weighted by molar-refractivity contribution is 6.30. The normalized spacial score (nSPS) is 13.1. The van der Waals surface area contributed by atoms with E-state index in [0.29, 0.717) is 30.4 Å². The Labute approximate surface area is 109 Å². The van der Waals surface area contributed by atoms with Gasteiger partial charge in [0.25, 0.3) is 0 Å². The van der Waals surface area contributed by atoms with Crippen LogP contribution < -0.4 is 5.73 Å². The Kier molecular flexibility index (Phi) is 4.48. The van der Waals surface area contributed by atoms with Crippen molar-refractivity contribution >= 4 is 22.5 Å². The zero-order chi connectivity index (χ0) is 13.0. The molecule has 7 heteroatoms. The summed E-state index contributed by atoms with van der Waals surface area (Å²) in [5.41, 5.74) is 6.77. The molecule has 4 N–H and O–H groups in total. The van der Waals surface area contributed by atoms with Gasteiger partial charge < -0.3 is 15.6 Å². The molecule has 1 unspecified atom stereocenters. The number of hydrogen-bond acceptors (Lipinski definition) is 5. The van der Waals surface area contributed by atoms with E-state index in [1.54, 1.807) is 12.3 Å². The Morgan fingerprint density at radius 2 is 2.39 bits per heavy atom. The smallest absolute Gasteiger partial charge is 0.130 e. The molecule has 0 radical (unpaired) electrons. The molecule has 2 rings (SSSR count). The van der Waals surface area contributed by atoms with Crippen molar-refractivity contribution in [3.05, 3.63) is 23.1 Å². The Hall–Kier alpha value is -1.21. The van der Waals surface area contributed by atoms with Crippen molar-refractivity contribution in [3.63, 3.8) is 0 Å². The number of halogens is 1. The van der Waals surface area contributed by atoms with Gasteiger partial charge in [0.05, 0.1) is 36.7 Å². The molecule has 98 valence electrons. The predicted octanol–water partition coefficient (Wildman–Crippen LogP) is 0.490. The zero-order valence-corrected chi connectivity index (χ0v) is 10.5. The molecule has 0 spiro atoms. The summed E-state index contributed by atoms with van der Waals surface area (Å²) in [5.74, 6) is 0. The first-order valence-electron chi connectivity index (χ1n) is 5.65. The molecule has 0 saturated carbocycles. The fraction of sp³-hybridized carbons (Fsp3) is 0.455. The number of nitrogens with one attached hydrogen (secondary N) is 1. The number of fused-ring (bicyclic) bond motifs is 1. The van der Waals surface area contributed by atoms with Gasteiger partial charge in [0.1, 0.15) is 5.15 Å². The van der Waals surface area contributed by atoms with Crippen LogP contribution in [0.2, 0.25) is 5.15 Å². The van der Waals surface area contributed by atoms with Crippen molar-refractivity contribution in [3.8, 4) is 0 Å². The zero-order valence-electron chi connectivity index (χ0n) is 9.77. The maximum absolute atomic E-state index is 9.83. The molecule has 0 aliphatic heterocycles. The topological polar surface area (TPSA) is 97.1 Å². The fourth-order valence-corrected chi connectivity index (χ4v) is 1.93. The summed E-state index contributed by atoms with van der Waals surface area (Å²) in [6, 6.07) is 1.72. The highest BCUT2D eigenvalue weighted by atomic mass is 35.5. The van der Waals surface area contributed by atoms with Gasteiger partial charge in [-0.3, -0.25) is 5.10 Å². The minimum Gasteiger partial charge on any atom is -0.390 e. The molecule has 2 heterocycles. The van der Waals surface area contributed by atoms with Crippen LogP contribution >= 0.6 is 11.6 Å². The van der Waals surface area contributed by atoms with Crippen LogP contribution in [0.3, 0.4) is 0 Å². The van der Waals surface area contributed by atoms with E-state index in [-0.39, 0.29) is 6.61 Å². The van der Waals surface area contributed by atoms with Crippen molar-refractivity contribution < 1.29 is 9.84 Å². The van der Waals surface area contributed by atoms with E-state index in [9.17, 15) is 5.11 Å². The van der Waals surface area contributed by atoms with E-state index in [1.807, 2.05) is 0 Å². The third-order valence-electron chi connectivity index (χ3n) is 2.48. The number of nitrogens with two attached hydrogens (primary N) is 1. The Bertz CT molecular complexity index is 517. The van der Waals surface area contributed by atoms with E-state index < -0.39 is 6.10 Å². The summed E-state index contributed by atoms with van der Waals surface area (Å²) in [6.45, 7) is 1.09. The van der Waals surface area contributed by atoms with Gasteiger partial charge in [-0.2, -0.15) is 5.10 Å². The number of aromatic amines is 1. The van der Waals surface area contributed by atoms with Crippen LogP contribution in [-0.4, -0.2) is 46.2 Å². The van der Waals surface area contributed by atoms with E-state index in [2.05, 4.69) is 15.2 Å². The number of aromatic nitrogens is 3. The van der Waals surface area contributed by atoms with Gasteiger partial charge in [-0.1, -0.05) is 11.6 Å². The lowest BCUT2D eigenvalue weighted by Gasteiger charge is -2.11. The first kappa shape index (κ1) is 13.2. The molecular formula is C11H15ClN4O2. The molecule has 0 saturated heterocycles. The molecule has 0 aliphatic rings. The number of aliphatic hydroxyl groups is 1. The predicted molar refractivity (Wildman–Crippen MR) is 68.5 cm³/mol. The second-order valence-electron chi connectivity index (χ2n) is 3.95. The standard InChI is InChI=1S/C11H15ClN4O2/c12-10-3-7-5-14-16-11(7)9(15-10)4-8(17)6-18-2-1-13/h3,5,8,17H,1-2,4,6,13H2,(H,14,16). The van der Waals surface area contributed by atoms with E-state index >= 15 is 0 Å². The number of rotatable bonds is 6. The Balaban J connectivity index is 2.08. The molecule has 6 nitrogen and oxygen atoms in total. The van der Waals surface area contributed by atoms with Crippen molar-refractivity contribution in [2.75, 3.05) is 19.8 Å². The number of H-pyrrole nitrogens is 1. The summed E-state index contributed by atoms with van der Waals surface area (Å²) in [7, 11) is 0. The summed E-state index contributed by atoms with van der Waals surface area (Å²) < 4.78 is 5.18. The summed E-state index contributed by atoms with van der Waals surface area (Å²) in [4.78, 5) is 4.20. The molecule has 0 aromatic carbocycles. The number of ether oxygens (including phenoxy) is 1. The molecular weight excluding hydrogens is 256 g/mol. The van der Waals surface area contributed by atoms with Crippen LogP contribution in [0.15, 0.2) is 12.3 Å². The highest BCUT2D eigenvalue weighted by Crippen LogP contribution is 2.19. The molecule has 0 amide bonds. The van der Waals surface area contributed by atoms with Crippen LogP contribution in [-0.2, 0) is 11.2 Å². The molecule has 2 aromatic rings. The maximum atomic E-state index is 9.83. The molecule has 18 heavy (non-hydrogen) atoms. The molecule has 2 aromatic heterocycles. The third kappa shape index (κ3) is 3.17. The first-order valence-corrected chi connectivity index (χ1v) is 6.03. The largest absolute Gasteiger partial charge is 0.390 e. The van der Waals surface area contributed by atoms with Crippen LogP contribution in [0.4, 0.5) is 0 Å². The van der Waals surface area contributed by atoms with E-state index in [1.165, 1.54) is 0 Å². The average molecular weight is 271 g/mol. The average Bonchev–Trinajstić information content (AvgIpc) is 2.77. The van der Waals surface area contributed by atoms with Crippen LogP contribution in [0.1, 0.15) is 5.69 Å². The third-order valence-corrected chi connectivity index (χ3v) is 2.67. The maximum Gasteiger partial charge on any atom is 0.130 e. The van der Waals surface area contributed by atoms with Crippen LogP contribution in [0, 0.1) is 0 Å². The van der Waals surface area contributed by atoms with Gasteiger partial charge >= 0.3 is 0 Å². The van der Waals surface area contributed by atoms with Crippen molar-refractivity contribution in [1.29, 1.82) is 0 Å². The number of aliphatic hydroxyl groups excluding tert-OH is 1. The van der Waals surface area contributed by atoms with Gasteiger partial charge in [0, 0.05) is 18.4 Å². The van der Waals surface area contributed by atoms with Crippen molar-refractivity contribution in [2.45, 2.75) is 12.5 Å². The Morgan fingerprint density at radius 1 is 1.56 bits per heavy atom. The van der Waals surface area contributed by atoms with E-state index in [4.69, 9.17) is 22.1 Å². The summed E-state index contributed by atoms with van der Waals surface area (Å²) in [6.07, 6.45) is 1.38. The number of pyridine rings is 1. The molecule has 0 bridgehead atoms. The van der Waals surface area contributed by atoms with Gasteiger partial charge in [0.2, 0.25) is 0 Å². The lowest BCUT2D eigenvalue weighted by atomic mass is 10.1. The summed E-state index contributed by atoms with van der Waals surface area (Å²) in [5, 5.41) is 17.9. The number of nitrogens with zero attached hydrogens (tertiary/aromatic N) is 2. The van der Waals surface area contributed by atoms with E-state index in [0.717, 1.165) is 10.9 Å². The minimum absolute atomic E-state index is 0.223. The minimum atomic E-state index is -0.644. The lowest BCUT2D eigenvalue weighted by Crippen LogP contribution is -2.21. The summed E-state index contributed by atoms with van der Waals surface area (Å²) >= 11 is 5.91. The lowest BCUT2D eigenvalue weighted by molar-refractivity contribution is 0.0402. The second-order valence-corrected chi connectivity index (χ2v) is 4.33. The second kappa shape index (κ2) is 6.10. The first-order chi connectivity index (χ1) is 8.70. The Morgan fingerprint density at radius 3 is 3.17 bits per heavy atom. The van der Waals surface area contributed by atoms with Crippen LogP contribution in [0.25, 0.3) is 10.9 Å². The van der Waals surface area contributed by atoms with Crippen LogP contribution in [0.5, 0.6) is 0 Å². The quantitative estimate of drug-likeness (QED) is 0.524.